The molecule has 0 atom stereocenters. The number of carbonyl (C=O) groups excluding carboxylic acids is 1. The van der Waals surface area contributed by atoms with Crippen LogP contribution in [-0.4, -0.2) is 32.7 Å². The van der Waals surface area contributed by atoms with Crippen LogP contribution >= 0.6 is 11.6 Å². The second-order valence-corrected chi connectivity index (χ2v) is 7.63. The minimum absolute atomic E-state index is 0.0818. The predicted octanol–water partition coefficient (Wildman–Crippen LogP) is 2.52. The molecule has 2 aromatic carbocycles. The lowest BCUT2D eigenvalue weighted by molar-refractivity contribution is 0.0950. The Kier molecular flexibility index (Phi) is 5.41. The van der Waals surface area contributed by atoms with Crippen LogP contribution < -0.4 is 5.32 Å². The molecule has 0 heterocycles. The van der Waals surface area contributed by atoms with Gasteiger partial charge in [0.2, 0.25) is 10.0 Å². The summed E-state index contributed by atoms with van der Waals surface area (Å²) in [4.78, 5) is 12.1. The highest BCUT2D eigenvalue weighted by Gasteiger charge is 2.22. The summed E-state index contributed by atoms with van der Waals surface area (Å²) in [7, 11) is -0.888. The van der Waals surface area contributed by atoms with Crippen LogP contribution in [0.15, 0.2) is 53.4 Å². The van der Waals surface area contributed by atoms with Crippen molar-refractivity contribution in [3.8, 4) is 0 Å². The monoisotopic (exact) mass is 352 g/mol. The average Bonchev–Trinajstić information content (AvgIpc) is 2.53. The highest BCUT2D eigenvalue weighted by atomic mass is 35.5. The van der Waals surface area contributed by atoms with E-state index in [9.17, 15) is 13.2 Å². The van der Waals surface area contributed by atoms with E-state index >= 15 is 0 Å². The largest absolute Gasteiger partial charge is 0.348 e. The van der Waals surface area contributed by atoms with E-state index < -0.39 is 10.0 Å². The number of nitrogens with zero attached hydrogens (tertiary/aromatic N) is 1. The van der Waals surface area contributed by atoms with Gasteiger partial charge in [-0.1, -0.05) is 41.9 Å². The number of halogens is 1. The van der Waals surface area contributed by atoms with E-state index in [1.807, 2.05) is 30.3 Å². The molecular formula is C16H17ClN2O3S. The first kappa shape index (κ1) is 17.5. The standard InChI is InChI=1S/C16H17ClN2O3S/c1-19(2)23(21,22)15-10-13(8-9-14(15)17)16(20)18-11-12-6-4-3-5-7-12/h3-10H,11H2,1-2H3,(H,18,20). The maximum absolute atomic E-state index is 12.2. The average molecular weight is 353 g/mol. The third-order valence-electron chi connectivity index (χ3n) is 3.25. The van der Waals surface area contributed by atoms with Gasteiger partial charge in [-0.3, -0.25) is 4.79 Å². The molecule has 2 rings (SSSR count). The van der Waals surface area contributed by atoms with Crippen molar-refractivity contribution >= 4 is 27.5 Å². The van der Waals surface area contributed by atoms with Crippen molar-refractivity contribution in [1.29, 1.82) is 0 Å². The Hall–Kier alpha value is -1.89. The molecule has 1 amide bonds. The number of amides is 1. The fraction of sp³-hybridized carbons (Fsp3) is 0.188. The van der Waals surface area contributed by atoms with Crippen LogP contribution in [0.25, 0.3) is 0 Å². The second kappa shape index (κ2) is 7.12. The molecule has 0 aliphatic rings. The van der Waals surface area contributed by atoms with Gasteiger partial charge in [0.05, 0.1) is 5.02 Å². The molecule has 5 nitrogen and oxygen atoms in total. The van der Waals surface area contributed by atoms with Gasteiger partial charge < -0.3 is 5.32 Å². The van der Waals surface area contributed by atoms with Crippen LogP contribution in [-0.2, 0) is 16.6 Å². The number of benzene rings is 2. The molecule has 0 fully saturated rings. The van der Waals surface area contributed by atoms with E-state index in [4.69, 9.17) is 11.6 Å². The first-order valence-corrected chi connectivity index (χ1v) is 8.68. The first-order valence-electron chi connectivity index (χ1n) is 6.86. The van der Waals surface area contributed by atoms with Crippen molar-refractivity contribution < 1.29 is 13.2 Å². The van der Waals surface area contributed by atoms with E-state index in [0.717, 1.165) is 9.87 Å². The summed E-state index contributed by atoms with van der Waals surface area (Å²) in [5.74, 6) is -0.360. The van der Waals surface area contributed by atoms with E-state index in [2.05, 4.69) is 5.32 Å². The van der Waals surface area contributed by atoms with Crippen molar-refractivity contribution in [3.05, 3.63) is 64.7 Å². The highest BCUT2D eigenvalue weighted by molar-refractivity contribution is 7.89. The molecule has 0 saturated carbocycles. The second-order valence-electron chi connectivity index (χ2n) is 5.10. The maximum Gasteiger partial charge on any atom is 0.251 e. The normalized spacial score (nSPS) is 11.5. The molecule has 0 aliphatic heterocycles. The van der Waals surface area contributed by atoms with Gasteiger partial charge in [0.15, 0.2) is 0 Å². The maximum atomic E-state index is 12.2. The Morgan fingerprint density at radius 1 is 1.13 bits per heavy atom. The number of carbonyl (C=O) groups is 1. The van der Waals surface area contributed by atoms with E-state index in [-0.39, 0.29) is 21.4 Å². The lowest BCUT2D eigenvalue weighted by atomic mass is 10.2. The minimum atomic E-state index is -3.71. The third-order valence-corrected chi connectivity index (χ3v) is 5.54. The molecule has 0 saturated heterocycles. The van der Waals surface area contributed by atoms with Gasteiger partial charge in [-0.05, 0) is 23.8 Å². The molecule has 1 N–H and O–H groups in total. The van der Waals surface area contributed by atoms with Crippen molar-refractivity contribution in [2.24, 2.45) is 0 Å². The Morgan fingerprint density at radius 2 is 1.78 bits per heavy atom. The Balaban J connectivity index is 2.22. The van der Waals surface area contributed by atoms with Crippen molar-refractivity contribution in [2.75, 3.05) is 14.1 Å². The minimum Gasteiger partial charge on any atom is -0.348 e. The van der Waals surface area contributed by atoms with Gasteiger partial charge in [0.25, 0.3) is 5.91 Å². The molecule has 23 heavy (non-hydrogen) atoms. The molecule has 0 aromatic heterocycles. The van der Waals surface area contributed by atoms with Crippen LogP contribution in [0.5, 0.6) is 0 Å². The number of hydrogen-bond donors (Lipinski definition) is 1. The zero-order valence-electron chi connectivity index (χ0n) is 12.8. The first-order chi connectivity index (χ1) is 10.8. The number of nitrogens with one attached hydrogen (secondary N) is 1. The van der Waals surface area contributed by atoms with Crippen molar-refractivity contribution in [2.45, 2.75) is 11.4 Å². The van der Waals surface area contributed by atoms with Gasteiger partial charge in [0.1, 0.15) is 4.90 Å². The molecular weight excluding hydrogens is 336 g/mol. The molecule has 0 aliphatic carbocycles. The highest BCUT2D eigenvalue weighted by Crippen LogP contribution is 2.24. The Labute approximate surface area is 140 Å². The number of sulfonamides is 1. The van der Waals surface area contributed by atoms with Crippen LogP contribution in [0.3, 0.4) is 0 Å². The summed E-state index contributed by atoms with van der Waals surface area (Å²) in [5.41, 5.74) is 1.20. The van der Waals surface area contributed by atoms with Gasteiger partial charge in [-0.2, -0.15) is 0 Å². The van der Waals surface area contributed by atoms with E-state index in [1.54, 1.807) is 0 Å². The molecule has 0 bridgehead atoms. The fourth-order valence-corrected chi connectivity index (χ4v) is 3.31. The van der Waals surface area contributed by atoms with E-state index in [0.29, 0.717) is 6.54 Å². The van der Waals surface area contributed by atoms with Gasteiger partial charge in [-0.25, -0.2) is 12.7 Å². The zero-order valence-corrected chi connectivity index (χ0v) is 14.4. The molecule has 0 spiro atoms. The Bertz CT molecular complexity index is 805. The topological polar surface area (TPSA) is 66.5 Å². The molecule has 7 heteroatoms. The number of rotatable bonds is 5. The summed E-state index contributed by atoms with van der Waals surface area (Å²) in [5, 5.41) is 2.83. The molecule has 0 unspecified atom stereocenters. The van der Waals surface area contributed by atoms with Crippen LogP contribution in [0, 0.1) is 0 Å². The summed E-state index contributed by atoms with van der Waals surface area (Å²) >= 11 is 5.96. The summed E-state index contributed by atoms with van der Waals surface area (Å²) in [6, 6.07) is 13.6. The Morgan fingerprint density at radius 3 is 2.39 bits per heavy atom. The lowest BCUT2D eigenvalue weighted by Crippen LogP contribution is -2.25. The fourth-order valence-electron chi connectivity index (χ4n) is 1.92. The van der Waals surface area contributed by atoms with Crippen LogP contribution in [0.4, 0.5) is 0 Å². The predicted molar refractivity (Wildman–Crippen MR) is 89.9 cm³/mol. The van der Waals surface area contributed by atoms with E-state index in [1.165, 1.54) is 32.3 Å². The lowest BCUT2D eigenvalue weighted by Gasteiger charge is -2.14. The number of hydrogen-bond acceptors (Lipinski definition) is 3. The SMILES string of the molecule is CN(C)S(=O)(=O)c1cc(C(=O)NCc2ccccc2)ccc1Cl. The zero-order chi connectivity index (χ0) is 17.0. The summed E-state index contributed by atoms with van der Waals surface area (Å²) < 4.78 is 25.5. The molecule has 0 radical (unpaired) electrons. The third kappa shape index (κ3) is 4.10. The van der Waals surface area contributed by atoms with Gasteiger partial charge in [-0.15, -0.1) is 0 Å². The van der Waals surface area contributed by atoms with Crippen LogP contribution in [0.2, 0.25) is 5.02 Å². The smallest absolute Gasteiger partial charge is 0.251 e. The summed E-state index contributed by atoms with van der Waals surface area (Å²) in [6.07, 6.45) is 0. The molecule has 2 aromatic rings. The van der Waals surface area contributed by atoms with Crippen molar-refractivity contribution in [1.82, 2.24) is 9.62 Å². The van der Waals surface area contributed by atoms with Gasteiger partial charge >= 0.3 is 0 Å². The quantitative estimate of drug-likeness (QED) is 0.899. The molecule has 122 valence electrons. The summed E-state index contributed by atoms with van der Waals surface area (Å²) in [6.45, 7) is 0.359. The van der Waals surface area contributed by atoms with Gasteiger partial charge in [0, 0.05) is 26.2 Å². The van der Waals surface area contributed by atoms with Crippen LogP contribution in [0.1, 0.15) is 15.9 Å². The van der Waals surface area contributed by atoms with Crippen molar-refractivity contribution in [3.63, 3.8) is 0 Å².